The second-order valence-corrected chi connectivity index (χ2v) is 25.4. The zero-order chi connectivity index (χ0) is 49.3. The minimum atomic E-state index is -2.53. The van der Waals surface area contributed by atoms with Crippen LogP contribution in [0.15, 0.2) is 90.1 Å². The molecule has 0 amide bonds. The van der Waals surface area contributed by atoms with Gasteiger partial charge in [0.2, 0.25) is 0 Å². The number of hydrogen-bond donors (Lipinski definition) is 0. The van der Waals surface area contributed by atoms with Crippen LogP contribution < -0.4 is 9.64 Å². The Morgan fingerprint density at radius 2 is 1.63 bits per heavy atom. The van der Waals surface area contributed by atoms with Gasteiger partial charge in [-0.1, -0.05) is 108 Å². The average molecular weight is 941 g/mol. The van der Waals surface area contributed by atoms with Crippen molar-refractivity contribution in [2.75, 3.05) is 37.7 Å². The van der Waals surface area contributed by atoms with Gasteiger partial charge in [0.15, 0.2) is 17.5 Å². The molecule has 68 heavy (non-hydrogen) atoms. The minimum absolute atomic E-state index is 0.0589. The number of pyridine rings is 1. The van der Waals surface area contributed by atoms with E-state index in [1.807, 2.05) is 70.5 Å². The van der Waals surface area contributed by atoms with E-state index in [1.165, 1.54) is 6.20 Å². The highest BCUT2D eigenvalue weighted by atomic mass is 28.3. The minimum Gasteiger partial charge on any atom is -0.461 e. The summed E-state index contributed by atoms with van der Waals surface area (Å²) >= 11 is 0. The lowest BCUT2D eigenvalue weighted by atomic mass is 9.94. The molecule has 3 aliphatic heterocycles. The van der Waals surface area contributed by atoms with Crippen LogP contribution in [0.2, 0.25) is 16.6 Å². The summed E-state index contributed by atoms with van der Waals surface area (Å²) in [4.78, 5) is 23.2. The number of hydrogen-bond acceptors (Lipinski definition) is 8. The summed E-state index contributed by atoms with van der Waals surface area (Å²) in [6.45, 7) is 12.0. The molecule has 0 unspecified atom stereocenters. The van der Waals surface area contributed by atoms with E-state index in [4.69, 9.17) is 24.4 Å². The van der Waals surface area contributed by atoms with E-state index in [-0.39, 0.29) is 80.2 Å². The molecule has 0 bridgehead atoms. The third-order valence-corrected chi connectivity index (χ3v) is 21.1. The van der Waals surface area contributed by atoms with Gasteiger partial charge in [0.1, 0.15) is 37.8 Å². The van der Waals surface area contributed by atoms with E-state index in [0.717, 1.165) is 23.6 Å². The predicted molar refractivity (Wildman–Crippen MR) is 265 cm³/mol. The normalized spacial score (nSPS) is 22.2. The van der Waals surface area contributed by atoms with Gasteiger partial charge in [-0.15, -0.1) is 5.54 Å². The molecular formula is C55H58F4N6O2Si. The van der Waals surface area contributed by atoms with E-state index >= 15 is 17.6 Å². The van der Waals surface area contributed by atoms with Crippen molar-refractivity contribution in [1.29, 1.82) is 0 Å². The summed E-state index contributed by atoms with van der Waals surface area (Å²) in [6, 6.07) is 23.1. The summed E-state index contributed by atoms with van der Waals surface area (Å²) in [5.41, 5.74) is 4.81. The van der Waals surface area contributed by atoms with Crippen molar-refractivity contribution in [3.05, 3.63) is 119 Å². The average Bonchev–Trinajstić information content (AvgIpc) is 3.91. The van der Waals surface area contributed by atoms with Crippen LogP contribution in [0, 0.1) is 28.9 Å². The van der Waals surface area contributed by atoms with E-state index < -0.39 is 49.8 Å². The Balaban J connectivity index is 1.24. The zero-order valence-corrected chi connectivity index (χ0v) is 40.4. The molecule has 0 spiro atoms. The third kappa shape index (κ3) is 8.26. The molecule has 0 radical (unpaired) electrons. The van der Waals surface area contributed by atoms with Crippen molar-refractivity contribution in [3.63, 3.8) is 0 Å². The van der Waals surface area contributed by atoms with Crippen LogP contribution in [0.5, 0.6) is 6.01 Å². The van der Waals surface area contributed by atoms with Crippen LogP contribution in [0.25, 0.3) is 32.9 Å². The number of rotatable bonds is 11. The summed E-state index contributed by atoms with van der Waals surface area (Å²) < 4.78 is 97.2. The van der Waals surface area contributed by atoms with Crippen LogP contribution in [-0.2, 0) is 4.74 Å². The molecule has 4 atom stereocenters. The lowest BCUT2D eigenvalue weighted by molar-refractivity contribution is 0.107. The second-order valence-electron chi connectivity index (χ2n) is 19.8. The number of anilines is 1. The molecule has 5 heterocycles. The van der Waals surface area contributed by atoms with E-state index in [1.54, 1.807) is 12.1 Å². The standard InChI is InChI=1S/C55H58F4N6O2Si/c1-33(2)68(34(3)4,35(5)6)24-19-41-47-38(26-44(57)48(41)58)25-40(61-50(36-15-9-7-10-16-36)37-17-11-8-12-18-37)27-42(47)51-49(59)52-43(30-60-51)53(65-22-14-23-66-46-28-45(46)65)63-54(62-52)67-32-55-20-13-21-64(55)31-39(56)29-55/h7-12,15-18,25-27,30,33-35,39,45-46H,13-14,20-23,28-29,31-32H2,1-6H3/t39-,45+,46-,55+/m1/s1/i32D2. The fourth-order valence-electron chi connectivity index (χ4n) is 11.5. The molecule has 3 saturated heterocycles. The molecule has 1 saturated carbocycles. The number of ether oxygens (including phenoxy) is 2. The van der Waals surface area contributed by atoms with Gasteiger partial charge < -0.3 is 14.4 Å². The smallest absolute Gasteiger partial charge is 0.319 e. The molecule has 1 aliphatic carbocycles. The number of aromatic nitrogens is 3. The van der Waals surface area contributed by atoms with Crippen LogP contribution in [0.4, 0.5) is 29.1 Å². The molecule has 6 aromatic rings. The molecular weight excluding hydrogens is 881 g/mol. The molecule has 2 aromatic heterocycles. The quantitative estimate of drug-likeness (QED) is 0.0554. The van der Waals surface area contributed by atoms with Crippen molar-refractivity contribution >= 4 is 47.0 Å². The lowest BCUT2D eigenvalue weighted by Crippen LogP contribution is -2.43. The summed E-state index contributed by atoms with van der Waals surface area (Å²) in [5, 5.41) is 0.645. The Morgan fingerprint density at radius 3 is 2.32 bits per heavy atom. The van der Waals surface area contributed by atoms with Gasteiger partial charge in [0.25, 0.3) is 0 Å². The maximum atomic E-state index is 18.3. The first kappa shape index (κ1) is 43.6. The lowest BCUT2D eigenvalue weighted by Gasteiger charge is -2.38. The first-order valence-corrected chi connectivity index (χ1v) is 26.3. The van der Waals surface area contributed by atoms with Crippen LogP contribution >= 0.6 is 0 Å². The summed E-state index contributed by atoms with van der Waals surface area (Å²) in [5.74, 6) is 0.313. The highest BCUT2D eigenvalue weighted by Gasteiger charge is 2.50. The highest BCUT2D eigenvalue weighted by Crippen LogP contribution is 2.45. The monoisotopic (exact) mass is 940 g/mol. The topological polar surface area (TPSA) is 76.0 Å². The van der Waals surface area contributed by atoms with Crippen molar-refractivity contribution in [2.45, 2.75) is 114 Å². The second kappa shape index (κ2) is 18.3. The van der Waals surface area contributed by atoms with Gasteiger partial charge >= 0.3 is 6.01 Å². The summed E-state index contributed by atoms with van der Waals surface area (Å²) in [6.07, 6.45) is 2.55. The van der Waals surface area contributed by atoms with Gasteiger partial charge in [-0.25, -0.2) is 22.6 Å². The third-order valence-electron chi connectivity index (χ3n) is 14.8. The molecule has 4 aromatic carbocycles. The zero-order valence-electron chi connectivity index (χ0n) is 41.4. The molecule has 352 valence electrons. The molecule has 10 rings (SSSR count). The maximum Gasteiger partial charge on any atom is 0.319 e. The molecule has 0 N–H and O–H groups in total. The van der Waals surface area contributed by atoms with Crippen LogP contribution in [-0.4, -0.2) is 90.3 Å². The van der Waals surface area contributed by atoms with Crippen molar-refractivity contribution in [2.24, 2.45) is 4.99 Å². The maximum absolute atomic E-state index is 18.3. The van der Waals surface area contributed by atoms with Crippen molar-refractivity contribution in [3.8, 4) is 28.7 Å². The number of alkyl halides is 1. The van der Waals surface area contributed by atoms with Gasteiger partial charge in [0, 0.05) is 54.4 Å². The van der Waals surface area contributed by atoms with Gasteiger partial charge in [-0.05, 0) is 72.4 Å². The van der Waals surface area contributed by atoms with Crippen molar-refractivity contribution < 1.29 is 29.8 Å². The number of fused-ring (bicyclic) bond motifs is 4. The Morgan fingerprint density at radius 1 is 0.926 bits per heavy atom. The van der Waals surface area contributed by atoms with E-state index in [2.05, 4.69) is 58.0 Å². The van der Waals surface area contributed by atoms with E-state index in [9.17, 15) is 2.74 Å². The highest BCUT2D eigenvalue weighted by molar-refractivity contribution is 6.90. The Hall–Kier alpha value is -5.68. The molecule has 4 fully saturated rings. The molecule has 13 heteroatoms. The first-order valence-electron chi connectivity index (χ1n) is 25.0. The van der Waals surface area contributed by atoms with E-state index in [0.29, 0.717) is 56.2 Å². The molecule has 4 aliphatic rings. The Bertz CT molecular complexity index is 3020. The van der Waals surface area contributed by atoms with Gasteiger partial charge in [-0.3, -0.25) is 9.88 Å². The number of benzene rings is 4. The van der Waals surface area contributed by atoms with Gasteiger partial charge in [-0.2, -0.15) is 9.97 Å². The van der Waals surface area contributed by atoms with Crippen LogP contribution in [0.3, 0.4) is 0 Å². The Labute approximate surface area is 400 Å². The number of nitrogens with zero attached hydrogens (tertiary/aromatic N) is 6. The van der Waals surface area contributed by atoms with Gasteiger partial charge in [0.05, 0.1) is 42.8 Å². The van der Waals surface area contributed by atoms with Crippen LogP contribution in [0.1, 0.15) is 93.1 Å². The summed E-state index contributed by atoms with van der Waals surface area (Å²) in [7, 11) is -2.53. The number of aliphatic imine (C=N–C) groups is 1. The fraction of sp³-hybridized carbons (Fsp3) is 0.418. The fourth-order valence-corrected chi connectivity index (χ4v) is 16.7. The predicted octanol–water partition coefficient (Wildman–Crippen LogP) is 12.3. The Kier molecular flexibility index (Phi) is 11.7. The SMILES string of the molecule is [2H]C([2H])(Oc1nc(N2CCCO[C@@H]3C[C@@H]32)c2cnc(-c3cc(N=C(c4ccccc4)c4ccccc4)cc4cc(F)c(F)c(C#C[Si](C(C)C)(C(C)C)C(C)C)c34)c(F)c2n1)[C@@]12CCCN1C[C@H](F)C2. The molecule has 8 nitrogen and oxygen atoms in total. The largest absolute Gasteiger partial charge is 0.461 e. The number of halogens is 4. The van der Waals surface area contributed by atoms with Crippen molar-refractivity contribution in [1.82, 2.24) is 19.9 Å². The first-order chi connectivity index (χ1) is 33.5.